The number of hydrogen-bond acceptors (Lipinski definition) is 10. The first-order valence-electron chi connectivity index (χ1n) is 14.3. The lowest BCUT2D eigenvalue weighted by Crippen LogP contribution is -2.60. The average molecular weight is 595 g/mol. The lowest BCUT2D eigenvalue weighted by atomic mass is 9.61. The van der Waals surface area contributed by atoms with Crippen LogP contribution in [0.5, 0.6) is 5.75 Å². The molecule has 11 nitrogen and oxygen atoms in total. The van der Waals surface area contributed by atoms with Crippen LogP contribution >= 0.6 is 0 Å². The van der Waals surface area contributed by atoms with Crippen LogP contribution in [0, 0.1) is 18.8 Å². The summed E-state index contributed by atoms with van der Waals surface area (Å²) < 4.78 is 0. The molecule has 2 aromatic rings. The number of anilines is 1. The molecular weight excluding hydrogens is 552 g/mol. The number of carbonyl (C=O) groups is 3. The fourth-order valence-electron chi connectivity index (χ4n) is 6.65. The quantitative estimate of drug-likeness (QED) is 0.208. The Bertz CT molecular complexity index is 1470. The Morgan fingerprint density at radius 1 is 1.14 bits per heavy atom. The van der Waals surface area contributed by atoms with Crippen molar-refractivity contribution in [2.45, 2.75) is 50.9 Å². The Morgan fingerprint density at radius 3 is 2.42 bits per heavy atom. The van der Waals surface area contributed by atoms with Gasteiger partial charge in [-0.1, -0.05) is 29.8 Å². The maximum absolute atomic E-state index is 14.2. The molecule has 2 aliphatic carbocycles. The van der Waals surface area contributed by atoms with Crippen molar-refractivity contribution in [2.75, 3.05) is 39.7 Å². The molecule has 4 atom stereocenters. The van der Waals surface area contributed by atoms with Crippen molar-refractivity contribution in [3.63, 3.8) is 0 Å². The number of fused-ring (bicyclic) bond motifs is 2. The van der Waals surface area contributed by atoms with Crippen molar-refractivity contribution in [3.8, 4) is 5.75 Å². The second-order valence-electron chi connectivity index (χ2n) is 12.1. The van der Waals surface area contributed by atoms with E-state index in [9.17, 15) is 34.8 Å². The highest BCUT2D eigenvalue weighted by Gasteiger charge is 2.58. The minimum atomic E-state index is -2.64. The summed E-state index contributed by atoms with van der Waals surface area (Å²) in [5.41, 5.74) is 6.44. The monoisotopic (exact) mass is 594 g/mol. The highest BCUT2D eigenvalue weighted by atomic mass is 16.3. The van der Waals surface area contributed by atoms with Crippen LogP contribution in [0.2, 0.25) is 0 Å². The van der Waals surface area contributed by atoms with Gasteiger partial charge in [0, 0.05) is 56.0 Å². The van der Waals surface area contributed by atoms with E-state index in [4.69, 9.17) is 5.73 Å². The largest absolute Gasteiger partial charge is 0.508 e. The normalized spacial score (nSPS) is 22.3. The van der Waals surface area contributed by atoms with Crippen molar-refractivity contribution in [2.24, 2.45) is 17.6 Å². The number of aromatic hydroxyl groups is 1. The lowest BCUT2D eigenvalue weighted by Gasteiger charge is -2.47. The Morgan fingerprint density at radius 2 is 1.84 bits per heavy atom. The number of phenols is 1. The minimum absolute atomic E-state index is 0.00539. The van der Waals surface area contributed by atoms with Crippen molar-refractivity contribution in [1.82, 2.24) is 10.2 Å². The molecule has 0 heterocycles. The summed E-state index contributed by atoms with van der Waals surface area (Å²) in [6, 6.07) is 9.07. The fraction of sp³-hybridized carbons (Fsp3) is 0.469. The summed E-state index contributed by atoms with van der Waals surface area (Å²) in [4.78, 5) is 42.7. The Kier molecular flexibility index (Phi) is 9.31. The number of hydrogen-bond donors (Lipinski definition) is 6. The van der Waals surface area contributed by atoms with Gasteiger partial charge in [-0.25, -0.2) is 0 Å². The molecule has 43 heavy (non-hydrogen) atoms. The molecule has 2 aliphatic rings. The number of likely N-dealkylation sites (N-methyl/N-ethyl adjacent to an activating group) is 1. The van der Waals surface area contributed by atoms with Gasteiger partial charge in [0.05, 0.1) is 18.6 Å². The average Bonchev–Trinajstić information content (AvgIpc) is 2.92. The van der Waals surface area contributed by atoms with Crippen molar-refractivity contribution in [3.05, 3.63) is 69.5 Å². The highest BCUT2D eigenvalue weighted by Crippen LogP contribution is 2.51. The number of nitrogens with one attached hydrogen (secondary N) is 1. The van der Waals surface area contributed by atoms with Crippen LogP contribution in [0.25, 0.3) is 0 Å². The predicted molar refractivity (Wildman–Crippen MR) is 162 cm³/mol. The van der Waals surface area contributed by atoms with Crippen molar-refractivity contribution in [1.29, 1.82) is 0 Å². The summed E-state index contributed by atoms with van der Waals surface area (Å²) in [7, 11) is 6.99. The van der Waals surface area contributed by atoms with Gasteiger partial charge in [0.2, 0.25) is 5.91 Å². The third-order valence-electron chi connectivity index (χ3n) is 8.77. The maximum atomic E-state index is 14.2. The number of aryl methyl sites for hydroxylation is 1. The molecule has 7 N–H and O–H groups in total. The van der Waals surface area contributed by atoms with Gasteiger partial charge in [-0.05, 0) is 57.0 Å². The van der Waals surface area contributed by atoms with Crippen LogP contribution in [0.4, 0.5) is 5.69 Å². The van der Waals surface area contributed by atoms with E-state index < -0.39 is 59.7 Å². The molecule has 232 valence electrons. The number of Topliss-reactive ketones (excluding diaryl/α,β-unsaturated/α-hetero) is 2. The number of aliphatic hydroxyl groups is 3. The molecule has 0 saturated heterocycles. The van der Waals surface area contributed by atoms with E-state index >= 15 is 0 Å². The summed E-state index contributed by atoms with van der Waals surface area (Å²) in [5, 5.41) is 48.4. The molecular formula is C32H42N4O7. The zero-order valence-electron chi connectivity index (χ0n) is 25.3. The van der Waals surface area contributed by atoms with Crippen LogP contribution in [-0.4, -0.2) is 89.2 Å². The van der Waals surface area contributed by atoms with Gasteiger partial charge in [0.15, 0.2) is 17.2 Å². The molecule has 0 bridgehead atoms. The zero-order chi connectivity index (χ0) is 31.8. The predicted octanol–water partition coefficient (Wildman–Crippen LogP) is 1.34. The second-order valence-corrected chi connectivity index (χ2v) is 12.1. The summed E-state index contributed by atoms with van der Waals surface area (Å²) >= 11 is 0. The van der Waals surface area contributed by atoms with Crippen LogP contribution in [0.1, 0.15) is 45.5 Å². The van der Waals surface area contributed by atoms with Gasteiger partial charge in [-0.15, -0.1) is 0 Å². The molecule has 2 aromatic carbocycles. The van der Waals surface area contributed by atoms with Gasteiger partial charge in [0.25, 0.3) is 0 Å². The van der Waals surface area contributed by atoms with E-state index in [1.165, 1.54) is 0 Å². The Hall–Kier alpha value is -3.77. The Balaban J connectivity index is 1.81. The van der Waals surface area contributed by atoms with Crippen LogP contribution in [0.15, 0.2) is 41.7 Å². The van der Waals surface area contributed by atoms with Gasteiger partial charge in [0.1, 0.15) is 11.5 Å². The van der Waals surface area contributed by atoms with Crippen LogP contribution in [-0.2, 0) is 29.1 Å². The molecule has 1 amide bonds. The van der Waals surface area contributed by atoms with Gasteiger partial charge in [-0.2, -0.15) is 0 Å². The van der Waals surface area contributed by atoms with E-state index in [2.05, 4.69) is 11.4 Å². The number of nitrogens with two attached hydrogens (primary N) is 1. The highest BCUT2D eigenvalue weighted by molar-refractivity contribution is 6.15. The van der Waals surface area contributed by atoms with Crippen LogP contribution < -0.4 is 16.0 Å². The summed E-state index contributed by atoms with van der Waals surface area (Å²) in [6.07, 6.45) is -0.568. The van der Waals surface area contributed by atoms with E-state index in [1.807, 2.05) is 50.2 Å². The fourth-order valence-corrected chi connectivity index (χ4v) is 6.65. The minimum Gasteiger partial charge on any atom is -0.508 e. The lowest BCUT2D eigenvalue weighted by molar-refractivity contribution is -0.151. The smallest absolute Gasteiger partial charge is 0.225 e. The first-order valence-corrected chi connectivity index (χ1v) is 14.3. The molecule has 0 aromatic heterocycles. The molecule has 0 aliphatic heterocycles. The third kappa shape index (κ3) is 5.90. The molecule has 1 unspecified atom stereocenters. The van der Waals surface area contributed by atoms with E-state index in [0.717, 1.165) is 16.8 Å². The number of rotatable bonds is 11. The van der Waals surface area contributed by atoms with Crippen molar-refractivity contribution < 1.29 is 34.8 Å². The van der Waals surface area contributed by atoms with Crippen molar-refractivity contribution >= 4 is 23.2 Å². The number of aliphatic hydroxyl groups excluding tert-OH is 2. The second kappa shape index (κ2) is 12.5. The van der Waals surface area contributed by atoms with Gasteiger partial charge in [-0.3, -0.25) is 14.4 Å². The summed E-state index contributed by atoms with van der Waals surface area (Å²) in [6.45, 7) is 2.34. The standard InChI is InChI=1S/C32H42N4O7/c1-17-7-6-8-18(9-17)14-34-15-20-12-23(35(2)3)21-10-19-11-22(24(16-37)36(4)5)32(43,25(38)13-26(33)39)31(42)27(19)30(41)28(21)29(20)40/h6-9,12,19,22,24,34,37,40,42-43H,10-11,13-16H2,1-5H3,(H2,33,39)/t19?,22-,24+,32+/m0/s1. The number of allylic oxidation sites excluding steroid dienone is 1. The molecule has 0 saturated carbocycles. The topological polar surface area (TPSA) is 177 Å². The number of amides is 1. The molecule has 11 heteroatoms. The zero-order valence-corrected chi connectivity index (χ0v) is 25.3. The van der Waals surface area contributed by atoms with E-state index in [-0.39, 0.29) is 36.3 Å². The number of nitrogens with zero attached hydrogens (tertiary/aromatic N) is 2. The van der Waals surface area contributed by atoms with Gasteiger partial charge < -0.3 is 41.3 Å². The first kappa shape index (κ1) is 32.2. The van der Waals surface area contributed by atoms with Crippen LogP contribution in [0.3, 0.4) is 0 Å². The van der Waals surface area contributed by atoms with E-state index in [0.29, 0.717) is 17.7 Å². The summed E-state index contributed by atoms with van der Waals surface area (Å²) in [5.74, 6) is -5.52. The number of primary amides is 1. The number of benzene rings is 2. The molecule has 0 spiro atoms. The SMILES string of the molecule is Cc1cccc(CNCc2cc(N(C)C)c3c(c2O)C(=O)C2=C(O)[C@](O)(C(=O)CC(N)=O)[C@H]([C@@H](CO)N(C)C)CC2C3)c1. The molecule has 0 fully saturated rings. The van der Waals surface area contributed by atoms with E-state index in [1.54, 1.807) is 19.0 Å². The molecule has 0 radical (unpaired) electrons. The third-order valence-corrected chi connectivity index (χ3v) is 8.77. The Labute approximate surface area is 251 Å². The van der Waals surface area contributed by atoms with Gasteiger partial charge >= 0.3 is 0 Å². The number of carbonyl (C=O) groups excluding carboxylic acids is 3. The maximum Gasteiger partial charge on any atom is 0.225 e. The first-order chi connectivity index (χ1) is 20.2. The number of phenolic OH excluding ortho intramolecular Hbond substituents is 1. The molecule has 4 rings (SSSR count). The number of ketones is 2.